The van der Waals surface area contributed by atoms with Crippen LogP contribution >= 0.6 is 0 Å². The molecular weight excluding hydrogens is 236 g/mol. The normalized spacial score (nSPS) is 20.7. The van der Waals surface area contributed by atoms with Crippen LogP contribution in [0.25, 0.3) is 0 Å². The molecule has 0 radical (unpaired) electrons. The van der Waals surface area contributed by atoms with Crippen molar-refractivity contribution in [3.05, 3.63) is 34.9 Å². The molecule has 3 rings (SSSR count). The fourth-order valence-corrected chi connectivity index (χ4v) is 3.04. The summed E-state index contributed by atoms with van der Waals surface area (Å²) in [6.07, 6.45) is 2.75. The van der Waals surface area contributed by atoms with Crippen LogP contribution in [0, 0.1) is 0 Å². The monoisotopic (exact) mass is 260 g/mol. The molecule has 1 N–H and O–H groups in total. The van der Waals surface area contributed by atoms with E-state index < -0.39 is 0 Å². The van der Waals surface area contributed by atoms with Gasteiger partial charge < -0.3 is 15.0 Å². The van der Waals surface area contributed by atoms with E-state index >= 15 is 0 Å². The lowest BCUT2D eigenvalue weighted by Crippen LogP contribution is -2.37. The predicted molar refractivity (Wildman–Crippen MR) is 76.9 cm³/mol. The SMILES string of the molecule is CC(CN1CCCC1)NCc1ccc2c(c1)COC2. The fraction of sp³-hybridized carbons (Fsp3) is 0.625. The molecule has 0 aliphatic carbocycles. The third-order valence-corrected chi connectivity index (χ3v) is 4.17. The van der Waals surface area contributed by atoms with Crippen LogP contribution in [0.5, 0.6) is 0 Å². The first-order valence-electron chi connectivity index (χ1n) is 7.45. The van der Waals surface area contributed by atoms with Crippen LogP contribution < -0.4 is 5.32 Å². The molecule has 1 fully saturated rings. The second kappa shape index (κ2) is 6.04. The maximum absolute atomic E-state index is 5.46. The summed E-state index contributed by atoms with van der Waals surface area (Å²) in [6, 6.07) is 7.29. The van der Waals surface area contributed by atoms with Gasteiger partial charge in [0.1, 0.15) is 0 Å². The lowest BCUT2D eigenvalue weighted by molar-refractivity contribution is 0.134. The second-order valence-electron chi connectivity index (χ2n) is 5.89. The van der Waals surface area contributed by atoms with Crippen molar-refractivity contribution in [1.29, 1.82) is 0 Å². The Hall–Kier alpha value is -0.900. The third kappa shape index (κ3) is 3.35. The van der Waals surface area contributed by atoms with E-state index in [-0.39, 0.29) is 0 Å². The second-order valence-corrected chi connectivity index (χ2v) is 5.89. The highest BCUT2D eigenvalue weighted by molar-refractivity contribution is 5.33. The van der Waals surface area contributed by atoms with Gasteiger partial charge in [-0.1, -0.05) is 18.2 Å². The zero-order valence-corrected chi connectivity index (χ0v) is 11.8. The Morgan fingerprint density at radius 2 is 2.00 bits per heavy atom. The molecule has 3 heteroatoms. The van der Waals surface area contributed by atoms with Crippen molar-refractivity contribution in [1.82, 2.24) is 10.2 Å². The van der Waals surface area contributed by atoms with E-state index in [1.807, 2.05) is 0 Å². The highest BCUT2D eigenvalue weighted by Gasteiger charge is 2.15. The van der Waals surface area contributed by atoms with Gasteiger partial charge in [0.2, 0.25) is 0 Å². The molecule has 2 aliphatic rings. The fourth-order valence-electron chi connectivity index (χ4n) is 3.04. The molecule has 2 aliphatic heterocycles. The molecule has 0 saturated carbocycles. The smallest absolute Gasteiger partial charge is 0.0725 e. The summed E-state index contributed by atoms with van der Waals surface area (Å²) in [7, 11) is 0. The summed E-state index contributed by atoms with van der Waals surface area (Å²) in [5.41, 5.74) is 4.10. The minimum absolute atomic E-state index is 0.558. The number of benzene rings is 1. The van der Waals surface area contributed by atoms with Gasteiger partial charge in [0.25, 0.3) is 0 Å². The lowest BCUT2D eigenvalue weighted by Gasteiger charge is -2.21. The van der Waals surface area contributed by atoms with Crippen LogP contribution in [0.1, 0.15) is 36.5 Å². The first-order valence-corrected chi connectivity index (χ1v) is 7.45. The van der Waals surface area contributed by atoms with Gasteiger partial charge in [-0.3, -0.25) is 0 Å². The Bertz CT molecular complexity index is 427. The Morgan fingerprint density at radius 3 is 2.84 bits per heavy atom. The molecule has 0 amide bonds. The molecule has 0 spiro atoms. The van der Waals surface area contributed by atoms with Crippen LogP contribution in [-0.4, -0.2) is 30.6 Å². The summed E-state index contributed by atoms with van der Waals surface area (Å²) in [6.45, 7) is 8.55. The van der Waals surface area contributed by atoms with Crippen LogP contribution in [0.15, 0.2) is 18.2 Å². The molecule has 19 heavy (non-hydrogen) atoms. The van der Waals surface area contributed by atoms with Crippen LogP contribution in [0.4, 0.5) is 0 Å². The van der Waals surface area contributed by atoms with Crippen molar-refractivity contribution in [2.75, 3.05) is 19.6 Å². The van der Waals surface area contributed by atoms with Gasteiger partial charge in [0.05, 0.1) is 13.2 Å². The number of likely N-dealkylation sites (tertiary alicyclic amines) is 1. The largest absolute Gasteiger partial charge is 0.372 e. The molecule has 1 saturated heterocycles. The zero-order chi connectivity index (χ0) is 13.1. The Labute approximate surface area is 115 Å². The number of hydrogen-bond acceptors (Lipinski definition) is 3. The van der Waals surface area contributed by atoms with Gasteiger partial charge in [-0.2, -0.15) is 0 Å². The average Bonchev–Trinajstić information content (AvgIpc) is 3.06. The predicted octanol–water partition coefficient (Wildman–Crippen LogP) is 2.29. The minimum Gasteiger partial charge on any atom is -0.372 e. The zero-order valence-electron chi connectivity index (χ0n) is 11.8. The first-order chi connectivity index (χ1) is 9.31. The quantitative estimate of drug-likeness (QED) is 0.879. The number of nitrogens with zero attached hydrogens (tertiary/aromatic N) is 1. The van der Waals surface area contributed by atoms with Crippen molar-refractivity contribution in [2.45, 2.75) is 45.6 Å². The lowest BCUT2D eigenvalue weighted by atomic mass is 10.1. The molecule has 3 nitrogen and oxygen atoms in total. The van der Waals surface area contributed by atoms with Gasteiger partial charge in [-0.15, -0.1) is 0 Å². The Balaban J connectivity index is 1.48. The Kier molecular flexibility index (Phi) is 4.16. The number of fused-ring (bicyclic) bond motifs is 1. The molecular formula is C16H24N2O. The third-order valence-electron chi connectivity index (χ3n) is 4.17. The van der Waals surface area contributed by atoms with E-state index in [4.69, 9.17) is 4.74 Å². The highest BCUT2D eigenvalue weighted by atomic mass is 16.5. The van der Waals surface area contributed by atoms with E-state index in [1.165, 1.54) is 49.2 Å². The number of rotatable bonds is 5. The van der Waals surface area contributed by atoms with Gasteiger partial charge in [0.15, 0.2) is 0 Å². The van der Waals surface area contributed by atoms with Gasteiger partial charge in [-0.25, -0.2) is 0 Å². The molecule has 1 aromatic carbocycles. The molecule has 1 aromatic rings. The van der Waals surface area contributed by atoms with E-state index in [0.717, 1.165) is 19.8 Å². The van der Waals surface area contributed by atoms with Crippen LogP contribution in [-0.2, 0) is 24.5 Å². The van der Waals surface area contributed by atoms with Gasteiger partial charge in [0, 0.05) is 19.1 Å². The van der Waals surface area contributed by atoms with Crippen molar-refractivity contribution in [3.63, 3.8) is 0 Å². The molecule has 0 aromatic heterocycles. The maximum atomic E-state index is 5.46. The number of ether oxygens (including phenoxy) is 1. The molecule has 104 valence electrons. The molecule has 0 bridgehead atoms. The topological polar surface area (TPSA) is 24.5 Å². The highest BCUT2D eigenvalue weighted by Crippen LogP contribution is 2.20. The molecule has 2 heterocycles. The average molecular weight is 260 g/mol. The van der Waals surface area contributed by atoms with Crippen molar-refractivity contribution in [3.8, 4) is 0 Å². The van der Waals surface area contributed by atoms with Crippen molar-refractivity contribution >= 4 is 0 Å². The first kappa shape index (κ1) is 13.1. The summed E-state index contributed by atoms with van der Waals surface area (Å²) < 4.78 is 5.46. The van der Waals surface area contributed by atoms with Gasteiger partial charge in [-0.05, 0) is 49.5 Å². The maximum Gasteiger partial charge on any atom is 0.0725 e. The molecule has 1 atom stereocenters. The summed E-state index contributed by atoms with van der Waals surface area (Å²) in [4.78, 5) is 2.56. The van der Waals surface area contributed by atoms with Gasteiger partial charge >= 0.3 is 0 Å². The van der Waals surface area contributed by atoms with Crippen molar-refractivity contribution < 1.29 is 4.74 Å². The minimum atomic E-state index is 0.558. The van der Waals surface area contributed by atoms with E-state index in [1.54, 1.807) is 0 Å². The number of nitrogens with one attached hydrogen (secondary N) is 1. The summed E-state index contributed by atoms with van der Waals surface area (Å²) >= 11 is 0. The van der Waals surface area contributed by atoms with E-state index in [9.17, 15) is 0 Å². The molecule has 1 unspecified atom stereocenters. The van der Waals surface area contributed by atoms with Crippen LogP contribution in [0.3, 0.4) is 0 Å². The van der Waals surface area contributed by atoms with Crippen LogP contribution in [0.2, 0.25) is 0 Å². The van der Waals surface area contributed by atoms with E-state index in [0.29, 0.717) is 6.04 Å². The van der Waals surface area contributed by atoms with E-state index in [2.05, 4.69) is 35.3 Å². The summed E-state index contributed by atoms with van der Waals surface area (Å²) in [5.74, 6) is 0. The summed E-state index contributed by atoms with van der Waals surface area (Å²) in [5, 5.41) is 3.63. The number of hydrogen-bond donors (Lipinski definition) is 1. The standard InChI is InChI=1S/C16H24N2O/c1-13(10-18-6-2-3-7-18)17-9-14-4-5-15-11-19-12-16(15)8-14/h4-5,8,13,17H,2-3,6-7,9-12H2,1H3. The Morgan fingerprint density at radius 1 is 1.21 bits per heavy atom. The van der Waals surface area contributed by atoms with Crippen molar-refractivity contribution in [2.24, 2.45) is 0 Å².